The van der Waals surface area contributed by atoms with E-state index >= 15 is 0 Å². The first-order valence-electron chi connectivity index (χ1n) is 5.09. The number of carbonyl (C=O) groups excluding carboxylic acids is 1. The second-order valence-corrected chi connectivity index (χ2v) is 5.10. The molecule has 0 aromatic heterocycles. The summed E-state index contributed by atoms with van der Waals surface area (Å²) >= 11 is 0. The number of benzene rings is 1. The van der Waals surface area contributed by atoms with Gasteiger partial charge in [0.1, 0.15) is 0 Å². The predicted molar refractivity (Wildman–Crippen MR) is 63.7 cm³/mol. The molecule has 0 saturated carbocycles. The van der Waals surface area contributed by atoms with Gasteiger partial charge in [0.2, 0.25) is 0 Å². The van der Waals surface area contributed by atoms with E-state index < -0.39 is 10.8 Å². The summed E-state index contributed by atoms with van der Waals surface area (Å²) in [4.78, 5) is 11.8. The van der Waals surface area contributed by atoms with Crippen molar-refractivity contribution in [3.63, 3.8) is 0 Å². The second-order valence-electron chi connectivity index (χ2n) is 3.53. The zero-order valence-corrected chi connectivity index (χ0v) is 9.97. The molecule has 0 bridgehead atoms. The van der Waals surface area contributed by atoms with Gasteiger partial charge in [0.15, 0.2) is 5.78 Å². The highest BCUT2D eigenvalue weighted by molar-refractivity contribution is 7.85. The Morgan fingerprint density at radius 1 is 1.33 bits per heavy atom. The Morgan fingerprint density at radius 3 is 2.60 bits per heavy atom. The lowest BCUT2D eigenvalue weighted by Crippen LogP contribution is -2.13. The van der Waals surface area contributed by atoms with Crippen molar-refractivity contribution in [2.45, 2.75) is 20.3 Å². The van der Waals surface area contributed by atoms with Crippen molar-refractivity contribution in [2.75, 3.05) is 11.5 Å². The van der Waals surface area contributed by atoms with Crippen LogP contribution in [0.2, 0.25) is 0 Å². The van der Waals surface area contributed by atoms with Gasteiger partial charge in [-0.2, -0.15) is 0 Å². The minimum atomic E-state index is -1.01. The molecule has 15 heavy (non-hydrogen) atoms. The fourth-order valence-corrected chi connectivity index (χ4v) is 2.46. The average molecular weight is 224 g/mol. The number of hydrogen-bond donors (Lipinski definition) is 0. The minimum Gasteiger partial charge on any atom is -0.293 e. The molecular formula is C12H16O2S. The largest absolute Gasteiger partial charge is 0.293 e. The Hall–Kier alpha value is -0.960. The van der Waals surface area contributed by atoms with Crippen LogP contribution in [0.3, 0.4) is 0 Å². The van der Waals surface area contributed by atoms with Crippen LogP contribution in [0.5, 0.6) is 0 Å². The molecule has 1 atom stereocenters. The van der Waals surface area contributed by atoms with Crippen LogP contribution in [0.4, 0.5) is 0 Å². The molecule has 1 aromatic carbocycles. The van der Waals surface area contributed by atoms with E-state index in [1.54, 1.807) is 6.07 Å². The van der Waals surface area contributed by atoms with Gasteiger partial charge in [0.05, 0.1) is 5.75 Å². The molecule has 0 amide bonds. The average Bonchev–Trinajstić information content (AvgIpc) is 2.18. The van der Waals surface area contributed by atoms with Crippen LogP contribution in [0.1, 0.15) is 29.3 Å². The van der Waals surface area contributed by atoms with Crippen LogP contribution >= 0.6 is 0 Å². The third-order valence-electron chi connectivity index (χ3n) is 2.17. The lowest BCUT2D eigenvalue weighted by molar-refractivity contribution is 0.102. The number of aryl methyl sites for hydroxylation is 1. The quantitative estimate of drug-likeness (QED) is 0.719. The molecule has 3 heteroatoms. The number of carbonyl (C=O) groups is 1. The van der Waals surface area contributed by atoms with Gasteiger partial charge in [0.25, 0.3) is 0 Å². The molecule has 1 aromatic rings. The van der Waals surface area contributed by atoms with Gasteiger partial charge in [-0.05, 0) is 18.9 Å². The van der Waals surface area contributed by atoms with E-state index in [1.807, 2.05) is 32.0 Å². The summed E-state index contributed by atoms with van der Waals surface area (Å²) < 4.78 is 11.4. The van der Waals surface area contributed by atoms with Crippen molar-refractivity contribution in [1.82, 2.24) is 0 Å². The maximum absolute atomic E-state index is 11.8. The number of ketones is 1. The second kappa shape index (κ2) is 5.81. The van der Waals surface area contributed by atoms with Crippen molar-refractivity contribution in [3.05, 3.63) is 35.4 Å². The molecule has 0 aliphatic carbocycles. The summed E-state index contributed by atoms with van der Waals surface area (Å²) in [5.74, 6) is 0.746. The first kappa shape index (κ1) is 12.1. The summed E-state index contributed by atoms with van der Waals surface area (Å²) in [6.07, 6.45) is 0.855. The molecule has 1 rings (SSSR count). The Bertz CT molecular complexity index is 372. The maximum Gasteiger partial charge on any atom is 0.175 e. The lowest BCUT2D eigenvalue weighted by Gasteiger charge is -2.03. The lowest BCUT2D eigenvalue weighted by atomic mass is 10.1. The molecule has 0 N–H and O–H groups in total. The molecule has 0 radical (unpaired) electrons. The smallest absolute Gasteiger partial charge is 0.175 e. The fourth-order valence-electron chi connectivity index (χ4n) is 1.41. The summed E-state index contributed by atoms with van der Waals surface area (Å²) in [6.45, 7) is 3.87. The van der Waals surface area contributed by atoms with Crippen molar-refractivity contribution in [2.24, 2.45) is 0 Å². The van der Waals surface area contributed by atoms with E-state index in [0.717, 1.165) is 12.0 Å². The zero-order valence-electron chi connectivity index (χ0n) is 9.16. The highest BCUT2D eigenvalue weighted by atomic mass is 32.2. The van der Waals surface area contributed by atoms with Gasteiger partial charge in [-0.25, -0.2) is 0 Å². The Balaban J connectivity index is 2.70. The number of hydrogen-bond acceptors (Lipinski definition) is 2. The number of rotatable bonds is 5. The van der Waals surface area contributed by atoms with E-state index in [4.69, 9.17) is 0 Å². The molecule has 0 aliphatic heterocycles. The van der Waals surface area contributed by atoms with Crippen LogP contribution in [0.15, 0.2) is 24.3 Å². The summed E-state index contributed by atoms with van der Waals surface area (Å²) in [6, 6.07) is 7.43. The summed E-state index contributed by atoms with van der Waals surface area (Å²) in [7, 11) is -1.01. The predicted octanol–water partition coefficient (Wildman–Crippen LogP) is 2.34. The van der Waals surface area contributed by atoms with Gasteiger partial charge in [-0.3, -0.25) is 9.00 Å². The number of Topliss-reactive ketones (excluding diaryl/α,β-unsaturated/α-hetero) is 1. The van der Waals surface area contributed by atoms with E-state index in [2.05, 4.69) is 0 Å². The minimum absolute atomic E-state index is 0.0140. The molecular weight excluding hydrogens is 208 g/mol. The third kappa shape index (κ3) is 3.59. The molecule has 0 aliphatic rings. The van der Waals surface area contributed by atoms with Crippen LogP contribution in [-0.2, 0) is 10.8 Å². The van der Waals surface area contributed by atoms with Crippen molar-refractivity contribution < 1.29 is 9.00 Å². The zero-order chi connectivity index (χ0) is 11.3. The maximum atomic E-state index is 11.8. The van der Waals surface area contributed by atoms with Crippen molar-refractivity contribution >= 4 is 16.6 Å². The molecule has 0 spiro atoms. The topological polar surface area (TPSA) is 34.1 Å². The van der Waals surface area contributed by atoms with Gasteiger partial charge < -0.3 is 0 Å². The fraction of sp³-hybridized carbons (Fsp3) is 0.417. The van der Waals surface area contributed by atoms with Crippen LogP contribution in [0.25, 0.3) is 0 Å². The van der Waals surface area contributed by atoms with Crippen molar-refractivity contribution in [3.8, 4) is 0 Å². The first-order chi connectivity index (χ1) is 7.15. The van der Waals surface area contributed by atoms with E-state index in [1.165, 1.54) is 0 Å². The Kier molecular flexibility index (Phi) is 4.69. The normalized spacial score (nSPS) is 12.4. The van der Waals surface area contributed by atoms with Crippen molar-refractivity contribution in [1.29, 1.82) is 0 Å². The summed E-state index contributed by atoms with van der Waals surface area (Å²) in [5, 5.41) is 0. The van der Waals surface area contributed by atoms with Gasteiger partial charge in [0, 0.05) is 22.1 Å². The molecule has 0 heterocycles. The highest BCUT2D eigenvalue weighted by Crippen LogP contribution is 2.08. The highest BCUT2D eigenvalue weighted by Gasteiger charge is 2.11. The van der Waals surface area contributed by atoms with Crippen LogP contribution in [0, 0.1) is 6.92 Å². The monoisotopic (exact) mass is 224 g/mol. The van der Waals surface area contributed by atoms with Gasteiger partial charge in [-0.1, -0.05) is 31.2 Å². The third-order valence-corrected chi connectivity index (χ3v) is 3.62. The Morgan fingerprint density at radius 2 is 2.00 bits per heavy atom. The first-order valence-corrected chi connectivity index (χ1v) is 6.57. The van der Waals surface area contributed by atoms with E-state index in [-0.39, 0.29) is 11.5 Å². The molecule has 0 fully saturated rings. The molecule has 82 valence electrons. The summed E-state index contributed by atoms with van der Waals surface area (Å²) in [5.41, 5.74) is 1.65. The van der Waals surface area contributed by atoms with E-state index in [9.17, 15) is 9.00 Å². The molecule has 0 saturated heterocycles. The Labute approximate surface area is 93.2 Å². The van der Waals surface area contributed by atoms with Gasteiger partial charge in [-0.15, -0.1) is 0 Å². The van der Waals surface area contributed by atoms with Crippen LogP contribution in [-0.4, -0.2) is 21.5 Å². The van der Waals surface area contributed by atoms with E-state index in [0.29, 0.717) is 11.3 Å². The standard InChI is InChI=1S/C12H16O2S/c1-3-8-15(14)9-12(13)11-7-5-4-6-10(11)2/h4-7H,3,8-9H2,1-2H3. The SMILES string of the molecule is CCCS(=O)CC(=O)c1ccccc1C. The molecule has 1 unspecified atom stereocenters. The molecule has 2 nitrogen and oxygen atoms in total. The van der Waals surface area contributed by atoms with Crippen LogP contribution < -0.4 is 0 Å². The van der Waals surface area contributed by atoms with Gasteiger partial charge >= 0.3 is 0 Å².